The van der Waals surface area contributed by atoms with Gasteiger partial charge in [-0.15, -0.1) is 0 Å². The van der Waals surface area contributed by atoms with E-state index >= 15 is 0 Å². The number of anilines is 1. The Labute approximate surface area is 182 Å². The van der Waals surface area contributed by atoms with Crippen molar-refractivity contribution in [1.82, 2.24) is 0 Å². The molecule has 2 N–H and O–H groups in total. The van der Waals surface area contributed by atoms with E-state index in [1.54, 1.807) is 59.0 Å². The molecule has 0 saturated carbocycles. The molecule has 0 bridgehead atoms. The molecule has 1 heterocycles. The maximum absolute atomic E-state index is 12.5. The van der Waals surface area contributed by atoms with Crippen molar-refractivity contribution in [2.75, 3.05) is 31.7 Å². The van der Waals surface area contributed by atoms with Crippen molar-refractivity contribution >= 4 is 34.5 Å². The van der Waals surface area contributed by atoms with Crippen LogP contribution in [0.15, 0.2) is 24.4 Å². The van der Waals surface area contributed by atoms with Gasteiger partial charge in [0.2, 0.25) is 5.52 Å². The minimum atomic E-state index is -0.556. The summed E-state index contributed by atoms with van der Waals surface area (Å²) >= 11 is 0. The molecule has 0 saturated heterocycles. The molecule has 0 unspecified atom stereocenters. The quantitative estimate of drug-likeness (QED) is 0.368. The smallest absolute Gasteiger partial charge is 0.346 e. The van der Waals surface area contributed by atoms with Gasteiger partial charge in [0.1, 0.15) is 5.56 Å². The molecule has 0 aliphatic carbocycles. The van der Waals surface area contributed by atoms with Gasteiger partial charge in [0.05, 0.1) is 41.9 Å². The number of carbonyl (C=O) groups is 3. The van der Waals surface area contributed by atoms with Crippen molar-refractivity contribution in [2.45, 2.75) is 41.0 Å². The number of ether oxygens (including phenoxy) is 3. The van der Waals surface area contributed by atoms with Crippen molar-refractivity contribution < 1.29 is 33.6 Å². The Morgan fingerprint density at radius 2 is 1.68 bits per heavy atom. The first-order valence-corrected chi connectivity index (χ1v) is 10.4. The van der Waals surface area contributed by atoms with E-state index in [9.17, 15) is 14.4 Å². The normalized spacial score (nSPS) is 11.1. The maximum atomic E-state index is 12.5. The third-order valence-electron chi connectivity index (χ3n) is 4.41. The maximum Gasteiger partial charge on any atom is 0.346 e. The highest BCUT2D eigenvalue weighted by Crippen LogP contribution is 2.26. The van der Waals surface area contributed by atoms with Crippen LogP contribution in [-0.2, 0) is 19.0 Å². The Morgan fingerprint density at radius 1 is 1.00 bits per heavy atom. The van der Waals surface area contributed by atoms with Crippen LogP contribution in [-0.4, -0.2) is 44.3 Å². The van der Waals surface area contributed by atoms with E-state index < -0.39 is 17.4 Å². The van der Waals surface area contributed by atoms with Crippen molar-refractivity contribution in [2.24, 2.45) is 5.41 Å². The first-order valence-electron chi connectivity index (χ1n) is 10.4. The molecule has 31 heavy (non-hydrogen) atoms. The number of benzene rings is 1. The van der Waals surface area contributed by atoms with Gasteiger partial charge in [-0.2, -0.15) is 0 Å². The lowest BCUT2D eigenvalue weighted by molar-refractivity contribution is -0.344. The Kier molecular flexibility index (Phi) is 8.36. The van der Waals surface area contributed by atoms with Gasteiger partial charge in [0.15, 0.2) is 6.20 Å². The van der Waals surface area contributed by atoms with E-state index in [-0.39, 0.29) is 25.8 Å². The minimum absolute atomic E-state index is 0.238. The zero-order valence-electron chi connectivity index (χ0n) is 18.8. The minimum Gasteiger partial charge on any atom is -0.465 e. The van der Waals surface area contributed by atoms with Crippen molar-refractivity contribution in [3.05, 3.63) is 35.5 Å². The molecule has 0 atom stereocenters. The van der Waals surface area contributed by atoms with Gasteiger partial charge in [0.25, 0.3) is 0 Å². The van der Waals surface area contributed by atoms with E-state index in [4.69, 9.17) is 14.2 Å². The number of fused-ring (bicyclic) bond motifs is 1. The molecule has 168 valence electrons. The number of hydrogen-bond donors (Lipinski definition) is 1. The number of aromatic nitrogens is 1. The van der Waals surface area contributed by atoms with Gasteiger partial charge < -0.3 is 19.5 Å². The second-order valence-corrected chi connectivity index (χ2v) is 7.94. The standard InChI is InChI=1S/C23H30N2O6/c1-6-29-20(26)15-9-10-18-16(13-15)19(17(14-25-18)21(27)30-7-2)24-11-8-12-31-22(28)23(3,4)5/h9-10,13-14H,6-8,11-12H2,1-5H3,(H,24,25)/p+1. The van der Waals surface area contributed by atoms with Crippen LogP contribution >= 0.6 is 0 Å². The molecule has 8 heteroatoms. The number of pyridine rings is 1. The monoisotopic (exact) mass is 431 g/mol. The van der Waals surface area contributed by atoms with Crippen LogP contribution in [0.4, 0.5) is 5.69 Å². The average Bonchev–Trinajstić information content (AvgIpc) is 2.72. The molecule has 0 fully saturated rings. The number of nitrogens with one attached hydrogen (secondary N) is 2. The summed E-state index contributed by atoms with van der Waals surface area (Å²) in [5.41, 5.74) is 1.43. The Morgan fingerprint density at radius 3 is 2.32 bits per heavy atom. The number of hydrogen-bond acceptors (Lipinski definition) is 7. The number of carbonyl (C=O) groups excluding carboxylic acids is 3. The largest absolute Gasteiger partial charge is 0.465 e. The fourth-order valence-corrected chi connectivity index (χ4v) is 2.81. The van der Waals surface area contributed by atoms with Crippen molar-refractivity contribution in [3.63, 3.8) is 0 Å². The molecule has 1 aromatic heterocycles. The molecular formula is C23H31N2O6+. The summed E-state index contributed by atoms with van der Waals surface area (Å²) in [4.78, 5) is 39.6. The molecular weight excluding hydrogens is 400 g/mol. The van der Waals surface area contributed by atoms with E-state index in [0.29, 0.717) is 35.2 Å². The van der Waals surface area contributed by atoms with Crippen LogP contribution in [0.3, 0.4) is 0 Å². The molecule has 0 spiro atoms. The predicted octanol–water partition coefficient (Wildman–Crippen LogP) is 3.40. The third kappa shape index (κ3) is 6.41. The van der Waals surface area contributed by atoms with Crippen molar-refractivity contribution in [1.29, 1.82) is 0 Å². The van der Waals surface area contributed by atoms with Gasteiger partial charge in [-0.1, -0.05) is 0 Å². The second kappa shape index (κ2) is 10.7. The lowest BCUT2D eigenvalue weighted by Crippen LogP contribution is -2.24. The van der Waals surface area contributed by atoms with Gasteiger partial charge >= 0.3 is 17.9 Å². The Bertz CT molecular complexity index is 944. The summed E-state index contributed by atoms with van der Waals surface area (Å²) in [6.45, 7) is 10.1. The van der Waals surface area contributed by atoms with E-state index in [1.807, 2.05) is 0 Å². The molecule has 0 amide bonds. The van der Waals surface area contributed by atoms with Crippen LogP contribution in [0, 0.1) is 5.41 Å². The van der Waals surface area contributed by atoms with Gasteiger partial charge in [0, 0.05) is 12.6 Å². The van der Waals surface area contributed by atoms with Crippen LogP contribution in [0.1, 0.15) is 61.8 Å². The first kappa shape index (κ1) is 24.1. The fourth-order valence-electron chi connectivity index (χ4n) is 2.81. The molecule has 0 aliphatic rings. The second-order valence-electron chi connectivity index (χ2n) is 7.94. The summed E-state index contributed by atoms with van der Waals surface area (Å²) in [5.74, 6) is -1.19. The molecule has 2 rings (SSSR count). The van der Waals surface area contributed by atoms with Gasteiger partial charge in [-0.25, -0.2) is 14.6 Å². The molecule has 8 nitrogen and oxygen atoms in total. The van der Waals surface area contributed by atoms with Crippen LogP contribution < -0.4 is 10.3 Å². The van der Waals surface area contributed by atoms with Crippen LogP contribution in [0.5, 0.6) is 0 Å². The highest BCUT2D eigenvalue weighted by atomic mass is 16.5. The average molecular weight is 432 g/mol. The highest BCUT2D eigenvalue weighted by Gasteiger charge is 2.23. The summed E-state index contributed by atoms with van der Waals surface area (Å²) < 4.78 is 15.5. The molecule has 2 aromatic rings. The zero-order valence-corrected chi connectivity index (χ0v) is 18.8. The summed E-state index contributed by atoms with van der Waals surface area (Å²) in [5, 5.41) is 3.90. The predicted molar refractivity (Wildman–Crippen MR) is 116 cm³/mol. The number of aromatic amines is 1. The van der Waals surface area contributed by atoms with E-state index in [1.165, 1.54) is 0 Å². The van der Waals surface area contributed by atoms with Gasteiger partial charge in [-0.3, -0.25) is 4.79 Å². The molecule has 1 aromatic carbocycles. The van der Waals surface area contributed by atoms with E-state index in [0.717, 1.165) is 5.52 Å². The van der Waals surface area contributed by atoms with Crippen molar-refractivity contribution in [3.8, 4) is 0 Å². The van der Waals surface area contributed by atoms with Crippen LogP contribution in [0.25, 0.3) is 10.9 Å². The fraction of sp³-hybridized carbons (Fsp3) is 0.478. The summed E-state index contributed by atoms with van der Waals surface area (Å²) in [7, 11) is 0. The Balaban J connectivity index is 2.27. The number of esters is 3. The van der Waals surface area contributed by atoms with Gasteiger partial charge in [-0.05, 0) is 53.2 Å². The first-order chi connectivity index (χ1) is 14.7. The van der Waals surface area contributed by atoms with Crippen LogP contribution in [0.2, 0.25) is 0 Å². The number of H-pyrrole nitrogens is 1. The van der Waals surface area contributed by atoms with E-state index in [2.05, 4.69) is 10.3 Å². The summed E-state index contributed by atoms with van der Waals surface area (Å²) in [6.07, 6.45) is 2.12. The third-order valence-corrected chi connectivity index (χ3v) is 4.41. The Hall–Kier alpha value is -3.16. The topological polar surface area (TPSA) is 105 Å². The lowest BCUT2D eigenvalue weighted by atomic mass is 9.97. The lowest BCUT2D eigenvalue weighted by Gasteiger charge is -2.17. The molecule has 0 aliphatic heterocycles. The summed E-state index contributed by atoms with van der Waals surface area (Å²) in [6, 6.07) is 5.10. The zero-order chi connectivity index (χ0) is 23.0. The SMILES string of the molecule is CCOC(=O)c1ccc2[nH+]cc(C(=O)OCC)c(NCCCOC(=O)C(C)(C)C)c2c1. The molecule has 0 radical (unpaired) electrons. The highest BCUT2D eigenvalue weighted by molar-refractivity contribution is 6.05. The number of rotatable bonds is 9.